The minimum Gasteiger partial charge on any atom is -0.391 e. The molecule has 13 heavy (non-hydrogen) atoms. The Kier molecular flexibility index (Phi) is 6.48. The van der Waals surface area contributed by atoms with Crippen molar-refractivity contribution in [3.63, 3.8) is 0 Å². The Balaban J connectivity index is 3.72. The lowest BCUT2D eigenvalue weighted by atomic mass is 10.2. The first-order valence-corrected chi connectivity index (χ1v) is 4.34. The van der Waals surface area contributed by atoms with Crippen molar-refractivity contribution >= 4 is 5.91 Å². The van der Waals surface area contributed by atoms with Gasteiger partial charge < -0.3 is 20.9 Å². The van der Waals surface area contributed by atoms with Crippen molar-refractivity contribution in [1.29, 1.82) is 0 Å². The topological polar surface area (TPSA) is 84.6 Å². The van der Waals surface area contributed by atoms with E-state index in [1.165, 1.54) is 7.11 Å². The zero-order valence-electron chi connectivity index (χ0n) is 8.12. The molecule has 0 fully saturated rings. The molecule has 0 aromatic rings. The number of hydrogen-bond donors (Lipinski definition) is 3. The number of carbonyl (C=O) groups is 1. The molecule has 5 nitrogen and oxygen atoms in total. The van der Waals surface area contributed by atoms with Gasteiger partial charge in [-0.05, 0) is 6.42 Å². The van der Waals surface area contributed by atoms with Gasteiger partial charge in [0.05, 0.1) is 6.10 Å². The highest BCUT2D eigenvalue weighted by Crippen LogP contribution is 1.90. The molecule has 0 bridgehead atoms. The smallest absolute Gasteiger partial charge is 0.250 e. The van der Waals surface area contributed by atoms with Crippen LogP contribution < -0.4 is 11.1 Å². The number of ether oxygens (including phenoxy) is 1. The summed E-state index contributed by atoms with van der Waals surface area (Å²) in [4.78, 5) is 11.2. The fourth-order valence-electron chi connectivity index (χ4n) is 0.787. The maximum atomic E-state index is 11.2. The predicted octanol–water partition coefficient (Wildman–Crippen LogP) is -1.15. The van der Waals surface area contributed by atoms with Crippen LogP contribution in [0.15, 0.2) is 0 Å². The summed E-state index contributed by atoms with van der Waals surface area (Å²) < 4.78 is 4.81. The zero-order chi connectivity index (χ0) is 10.3. The molecule has 0 aliphatic carbocycles. The van der Waals surface area contributed by atoms with Crippen LogP contribution >= 0.6 is 0 Å². The number of nitrogens with two attached hydrogens (primary N) is 1. The summed E-state index contributed by atoms with van der Waals surface area (Å²) in [6.45, 7) is 2.23. The summed E-state index contributed by atoms with van der Waals surface area (Å²) in [6.07, 6.45) is -0.510. The molecule has 0 saturated heterocycles. The molecule has 0 aromatic heterocycles. The number of methoxy groups -OCH3 is 1. The standard InChI is InChI=1S/C8H18N2O3/c1-3-6(11)5-10-8(12)7(4-9)13-2/h6-7,11H,3-5,9H2,1-2H3,(H,10,12). The van der Waals surface area contributed by atoms with Gasteiger partial charge in [-0.1, -0.05) is 6.92 Å². The van der Waals surface area contributed by atoms with E-state index in [9.17, 15) is 4.79 Å². The van der Waals surface area contributed by atoms with Crippen LogP contribution in [0.3, 0.4) is 0 Å². The average molecular weight is 190 g/mol. The maximum Gasteiger partial charge on any atom is 0.250 e. The molecule has 4 N–H and O–H groups in total. The third-order valence-electron chi connectivity index (χ3n) is 1.77. The average Bonchev–Trinajstić information content (AvgIpc) is 2.16. The minimum atomic E-state index is -0.621. The van der Waals surface area contributed by atoms with Crippen LogP contribution in [-0.2, 0) is 9.53 Å². The molecule has 2 atom stereocenters. The fourth-order valence-corrected chi connectivity index (χ4v) is 0.787. The van der Waals surface area contributed by atoms with Gasteiger partial charge in [0.25, 0.3) is 5.91 Å². The number of aliphatic hydroxyl groups is 1. The highest BCUT2D eigenvalue weighted by molar-refractivity contribution is 5.80. The van der Waals surface area contributed by atoms with E-state index in [1.807, 2.05) is 6.92 Å². The van der Waals surface area contributed by atoms with E-state index in [0.717, 1.165) is 0 Å². The maximum absolute atomic E-state index is 11.2. The van der Waals surface area contributed by atoms with Gasteiger partial charge in [0, 0.05) is 20.2 Å². The molecule has 1 amide bonds. The normalized spacial score (nSPS) is 15.1. The Labute approximate surface area is 78.3 Å². The SMILES string of the molecule is CCC(O)CNC(=O)C(CN)OC. The van der Waals surface area contributed by atoms with E-state index in [-0.39, 0.29) is 19.0 Å². The van der Waals surface area contributed by atoms with Gasteiger partial charge in [-0.2, -0.15) is 0 Å². The van der Waals surface area contributed by atoms with Crippen molar-refractivity contribution < 1.29 is 14.6 Å². The highest BCUT2D eigenvalue weighted by Gasteiger charge is 2.15. The first-order chi connectivity index (χ1) is 6.15. The molecule has 0 aliphatic heterocycles. The molecule has 0 rings (SSSR count). The van der Waals surface area contributed by atoms with Gasteiger partial charge in [0.15, 0.2) is 0 Å². The van der Waals surface area contributed by atoms with Crippen LogP contribution in [0.1, 0.15) is 13.3 Å². The predicted molar refractivity (Wildman–Crippen MR) is 49.2 cm³/mol. The van der Waals surface area contributed by atoms with Crippen molar-refractivity contribution in [3.05, 3.63) is 0 Å². The first kappa shape index (κ1) is 12.3. The van der Waals surface area contributed by atoms with Crippen LogP contribution in [-0.4, -0.2) is 43.4 Å². The Morgan fingerprint density at radius 1 is 1.69 bits per heavy atom. The van der Waals surface area contributed by atoms with E-state index < -0.39 is 12.2 Å². The highest BCUT2D eigenvalue weighted by atomic mass is 16.5. The van der Waals surface area contributed by atoms with Crippen LogP contribution in [0.25, 0.3) is 0 Å². The van der Waals surface area contributed by atoms with Crippen LogP contribution in [0.4, 0.5) is 0 Å². The molecular weight excluding hydrogens is 172 g/mol. The van der Waals surface area contributed by atoms with Crippen LogP contribution in [0, 0.1) is 0 Å². The van der Waals surface area contributed by atoms with Gasteiger partial charge in [-0.3, -0.25) is 4.79 Å². The Bertz CT molecular complexity index is 148. The number of rotatable bonds is 6. The molecule has 0 spiro atoms. The monoisotopic (exact) mass is 190 g/mol. The molecule has 78 valence electrons. The number of nitrogens with one attached hydrogen (secondary N) is 1. The van der Waals surface area contributed by atoms with Crippen molar-refractivity contribution in [2.45, 2.75) is 25.6 Å². The molecule has 0 radical (unpaired) electrons. The second-order valence-corrected chi connectivity index (χ2v) is 2.77. The number of amides is 1. The molecule has 0 aromatic carbocycles. The molecule has 5 heteroatoms. The van der Waals surface area contributed by atoms with Crippen molar-refractivity contribution in [2.24, 2.45) is 5.73 Å². The van der Waals surface area contributed by atoms with E-state index in [4.69, 9.17) is 15.6 Å². The molecule has 0 saturated carbocycles. The van der Waals surface area contributed by atoms with Gasteiger partial charge in [0.2, 0.25) is 0 Å². The lowest BCUT2D eigenvalue weighted by Gasteiger charge is -2.14. The second kappa shape index (κ2) is 6.82. The molecule has 0 heterocycles. The largest absolute Gasteiger partial charge is 0.391 e. The lowest BCUT2D eigenvalue weighted by Crippen LogP contribution is -2.43. The van der Waals surface area contributed by atoms with Crippen LogP contribution in [0.5, 0.6) is 0 Å². The second-order valence-electron chi connectivity index (χ2n) is 2.77. The van der Waals surface area contributed by atoms with Gasteiger partial charge in [-0.25, -0.2) is 0 Å². The van der Waals surface area contributed by atoms with Gasteiger partial charge >= 0.3 is 0 Å². The number of carbonyl (C=O) groups excluding carboxylic acids is 1. The van der Waals surface area contributed by atoms with E-state index >= 15 is 0 Å². The Morgan fingerprint density at radius 2 is 2.31 bits per heavy atom. The zero-order valence-corrected chi connectivity index (χ0v) is 8.12. The quantitative estimate of drug-likeness (QED) is 0.493. The van der Waals surface area contributed by atoms with Gasteiger partial charge in [-0.15, -0.1) is 0 Å². The third-order valence-corrected chi connectivity index (χ3v) is 1.77. The third kappa shape index (κ3) is 4.82. The summed E-state index contributed by atoms with van der Waals surface area (Å²) in [5.74, 6) is -0.280. The van der Waals surface area contributed by atoms with E-state index in [2.05, 4.69) is 5.32 Å². The number of hydrogen-bond acceptors (Lipinski definition) is 4. The molecular formula is C8H18N2O3. The molecule has 2 unspecified atom stereocenters. The summed E-state index contributed by atoms with van der Waals surface area (Å²) in [5.41, 5.74) is 5.27. The summed E-state index contributed by atoms with van der Waals surface area (Å²) >= 11 is 0. The van der Waals surface area contributed by atoms with Crippen molar-refractivity contribution in [3.8, 4) is 0 Å². The number of aliphatic hydroxyl groups excluding tert-OH is 1. The van der Waals surface area contributed by atoms with Gasteiger partial charge in [0.1, 0.15) is 6.10 Å². The fraction of sp³-hybridized carbons (Fsp3) is 0.875. The minimum absolute atomic E-state index is 0.143. The van der Waals surface area contributed by atoms with Crippen LogP contribution in [0.2, 0.25) is 0 Å². The van der Waals surface area contributed by atoms with E-state index in [0.29, 0.717) is 6.42 Å². The summed E-state index contributed by atoms with van der Waals surface area (Å²) in [6, 6.07) is 0. The van der Waals surface area contributed by atoms with Crippen molar-refractivity contribution in [1.82, 2.24) is 5.32 Å². The van der Waals surface area contributed by atoms with E-state index in [1.54, 1.807) is 0 Å². The Hall–Kier alpha value is -0.650. The summed E-state index contributed by atoms with van der Waals surface area (Å²) in [5, 5.41) is 11.7. The lowest BCUT2D eigenvalue weighted by molar-refractivity contribution is -0.130. The summed E-state index contributed by atoms with van der Waals surface area (Å²) in [7, 11) is 1.42. The van der Waals surface area contributed by atoms with Crippen molar-refractivity contribution in [2.75, 3.05) is 20.2 Å². The molecule has 0 aliphatic rings. The Morgan fingerprint density at radius 3 is 2.69 bits per heavy atom. The first-order valence-electron chi connectivity index (χ1n) is 4.34.